The normalized spacial score (nSPS) is 10.3. The van der Waals surface area contributed by atoms with Crippen molar-refractivity contribution in [1.82, 2.24) is 10.2 Å². The molecule has 2 aromatic rings. The van der Waals surface area contributed by atoms with Gasteiger partial charge in [0.05, 0.1) is 0 Å². The average Bonchev–Trinajstić information content (AvgIpc) is 2.55. The van der Waals surface area contributed by atoms with E-state index in [1.807, 2.05) is 25.1 Å². The molecule has 2 aromatic carbocycles. The van der Waals surface area contributed by atoms with Crippen molar-refractivity contribution in [3.63, 3.8) is 0 Å². The Morgan fingerprint density at radius 2 is 1.75 bits per heavy atom. The number of rotatable bonds is 6. The molecule has 0 aliphatic rings. The minimum atomic E-state index is -0.340. The van der Waals surface area contributed by atoms with Gasteiger partial charge < -0.3 is 10.2 Å². The fourth-order valence-corrected chi connectivity index (χ4v) is 2.41. The summed E-state index contributed by atoms with van der Waals surface area (Å²) >= 11 is 0. The molecule has 5 heteroatoms. The zero-order valence-electron chi connectivity index (χ0n) is 13.9. The summed E-state index contributed by atoms with van der Waals surface area (Å²) in [4.78, 5) is 25.4. The zero-order chi connectivity index (χ0) is 17.5. The van der Waals surface area contributed by atoms with Gasteiger partial charge in [-0.05, 0) is 24.6 Å². The minimum Gasteiger partial charge on any atom is -0.350 e. The van der Waals surface area contributed by atoms with E-state index in [4.69, 9.17) is 0 Å². The molecule has 0 fully saturated rings. The van der Waals surface area contributed by atoms with Gasteiger partial charge in [0.15, 0.2) is 0 Å². The smallest absolute Gasteiger partial charge is 0.251 e. The van der Waals surface area contributed by atoms with Gasteiger partial charge in [-0.25, -0.2) is 4.39 Å². The molecule has 0 saturated carbocycles. The van der Waals surface area contributed by atoms with Crippen LogP contribution >= 0.6 is 0 Å². The van der Waals surface area contributed by atoms with Crippen LogP contribution in [-0.4, -0.2) is 29.8 Å². The molecular formula is C19H21FN2O2. The van der Waals surface area contributed by atoms with Crippen LogP contribution in [0.1, 0.15) is 28.4 Å². The van der Waals surface area contributed by atoms with Gasteiger partial charge in [0.2, 0.25) is 5.91 Å². The van der Waals surface area contributed by atoms with Crippen LogP contribution in [0.15, 0.2) is 48.5 Å². The van der Waals surface area contributed by atoms with Crippen LogP contribution in [0.3, 0.4) is 0 Å². The van der Waals surface area contributed by atoms with Crippen LogP contribution in [0.5, 0.6) is 0 Å². The Morgan fingerprint density at radius 1 is 1.08 bits per heavy atom. The lowest BCUT2D eigenvalue weighted by Crippen LogP contribution is -2.37. The van der Waals surface area contributed by atoms with Gasteiger partial charge in [0.25, 0.3) is 5.91 Å². The number of nitrogens with one attached hydrogen (secondary N) is 1. The number of nitrogens with zero attached hydrogens (tertiary/aromatic N) is 1. The van der Waals surface area contributed by atoms with Gasteiger partial charge in [-0.2, -0.15) is 0 Å². The highest BCUT2D eigenvalue weighted by atomic mass is 19.1. The van der Waals surface area contributed by atoms with Crippen LogP contribution in [-0.2, 0) is 11.3 Å². The summed E-state index contributed by atoms with van der Waals surface area (Å²) in [5.41, 5.74) is 1.96. The number of amides is 2. The van der Waals surface area contributed by atoms with E-state index in [1.54, 1.807) is 24.3 Å². The summed E-state index contributed by atoms with van der Waals surface area (Å²) in [5, 5.41) is 2.80. The molecule has 126 valence electrons. The maximum Gasteiger partial charge on any atom is 0.251 e. The van der Waals surface area contributed by atoms with Gasteiger partial charge in [0.1, 0.15) is 5.82 Å². The summed E-state index contributed by atoms with van der Waals surface area (Å²) in [5.74, 6) is -0.682. The molecule has 0 bridgehead atoms. The number of halogens is 1. The number of hydrogen-bond acceptors (Lipinski definition) is 2. The monoisotopic (exact) mass is 328 g/mol. The molecule has 2 rings (SSSR count). The zero-order valence-corrected chi connectivity index (χ0v) is 13.9. The summed E-state index contributed by atoms with van der Waals surface area (Å²) in [7, 11) is 0. The second-order valence-corrected chi connectivity index (χ2v) is 5.60. The van der Waals surface area contributed by atoms with Gasteiger partial charge in [-0.1, -0.05) is 36.4 Å². The first-order chi connectivity index (χ1) is 11.5. The lowest BCUT2D eigenvalue weighted by atomic mass is 10.1. The molecule has 1 N–H and O–H groups in total. The molecule has 0 spiro atoms. The standard InChI is InChI=1S/C19H21FN2O2/c1-14-7-3-5-9-17(14)19(24)21-11-12-22(15(2)23)13-16-8-4-6-10-18(16)20/h3-10H,11-13H2,1-2H3,(H,21,24). The molecule has 0 aliphatic heterocycles. The fraction of sp³-hybridized carbons (Fsp3) is 0.263. The highest BCUT2D eigenvalue weighted by molar-refractivity contribution is 5.95. The van der Waals surface area contributed by atoms with Crippen LogP contribution in [0.25, 0.3) is 0 Å². The predicted molar refractivity (Wildman–Crippen MR) is 91.0 cm³/mol. The van der Waals surface area contributed by atoms with E-state index < -0.39 is 0 Å². The number of aryl methyl sites for hydroxylation is 1. The lowest BCUT2D eigenvalue weighted by Gasteiger charge is -2.21. The first-order valence-electron chi connectivity index (χ1n) is 7.82. The fourth-order valence-electron chi connectivity index (χ4n) is 2.41. The van der Waals surface area contributed by atoms with Crippen LogP contribution in [0, 0.1) is 12.7 Å². The van der Waals surface area contributed by atoms with Crippen molar-refractivity contribution in [3.8, 4) is 0 Å². The van der Waals surface area contributed by atoms with E-state index in [1.165, 1.54) is 17.9 Å². The minimum absolute atomic E-state index is 0.164. The Balaban J connectivity index is 1.93. The Morgan fingerprint density at radius 3 is 2.42 bits per heavy atom. The average molecular weight is 328 g/mol. The summed E-state index contributed by atoms with van der Waals surface area (Å²) in [6, 6.07) is 13.7. The Hall–Kier alpha value is -2.69. The van der Waals surface area contributed by atoms with Crippen molar-refractivity contribution in [2.45, 2.75) is 20.4 Å². The molecule has 0 unspecified atom stereocenters. The maximum atomic E-state index is 13.7. The molecule has 0 aromatic heterocycles. The molecule has 4 nitrogen and oxygen atoms in total. The van der Waals surface area contributed by atoms with Crippen molar-refractivity contribution in [1.29, 1.82) is 0 Å². The summed E-state index contributed by atoms with van der Waals surface area (Å²) < 4.78 is 13.7. The van der Waals surface area contributed by atoms with Gasteiger partial charge >= 0.3 is 0 Å². The third-order valence-corrected chi connectivity index (χ3v) is 3.82. The van der Waals surface area contributed by atoms with E-state index in [2.05, 4.69) is 5.32 Å². The number of benzene rings is 2. The van der Waals surface area contributed by atoms with Crippen LogP contribution in [0.4, 0.5) is 4.39 Å². The van der Waals surface area contributed by atoms with Crippen molar-refractivity contribution in [2.75, 3.05) is 13.1 Å². The quantitative estimate of drug-likeness (QED) is 0.886. The Bertz CT molecular complexity index is 731. The van der Waals surface area contributed by atoms with Gasteiger partial charge in [-0.15, -0.1) is 0 Å². The van der Waals surface area contributed by atoms with Gasteiger partial charge in [0, 0.05) is 37.7 Å². The van der Waals surface area contributed by atoms with E-state index in [0.29, 0.717) is 24.2 Å². The second-order valence-electron chi connectivity index (χ2n) is 5.60. The lowest BCUT2D eigenvalue weighted by molar-refractivity contribution is -0.129. The maximum absolute atomic E-state index is 13.7. The topological polar surface area (TPSA) is 49.4 Å². The first kappa shape index (κ1) is 17.7. The summed E-state index contributed by atoms with van der Waals surface area (Å²) in [6.07, 6.45) is 0. The second kappa shape index (κ2) is 8.24. The molecule has 0 aliphatic carbocycles. The Labute approximate surface area is 141 Å². The van der Waals surface area contributed by atoms with Crippen molar-refractivity contribution in [3.05, 3.63) is 71.0 Å². The van der Waals surface area contributed by atoms with Crippen LogP contribution in [0.2, 0.25) is 0 Å². The number of carbonyl (C=O) groups is 2. The van der Waals surface area contributed by atoms with E-state index in [-0.39, 0.29) is 24.2 Å². The SMILES string of the molecule is CC(=O)N(CCNC(=O)c1ccccc1C)Cc1ccccc1F. The third-order valence-electron chi connectivity index (χ3n) is 3.82. The highest BCUT2D eigenvalue weighted by Crippen LogP contribution is 2.10. The third kappa shape index (κ3) is 4.65. The van der Waals surface area contributed by atoms with E-state index >= 15 is 0 Å². The van der Waals surface area contributed by atoms with Crippen molar-refractivity contribution >= 4 is 11.8 Å². The molecule has 0 heterocycles. The Kier molecular flexibility index (Phi) is 6.07. The van der Waals surface area contributed by atoms with Crippen molar-refractivity contribution in [2.24, 2.45) is 0 Å². The largest absolute Gasteiger partial charge is 0.350 e. The molecule has 2 amide bonds. The number of carbonyl (C=O) groups excluding carboxylic acids is 2. The summed E-state index contributed by atoms with van der Waals surface area (Å²) in [6.45, 7) is 4.11. The molecule has 24 heavy (non-hydrogen) atoms. The molecule has 0 radical (unpaired) electrons. The van der Waals surface area contributed by atoms with E-state index in [0.717, 1.165) is 5.56 Å². The first-order valence-corrected chi connectivity index (χ1v) is 7.82. The van der Waals surface area contributed by atoms with Crippen molar-refractivity contribution < 1.29 is 14.0 Å². The van der Waals surface area contributed by atoms with E-state index in [9.17, 15) is 14.0 Å². The molecular weight excluding hydrogens is 307 g/mol. The number of hydrogen-bond donors (Lipinski definition) is 1. The van der Waals surface area contributed by atoms with Gasteiger partial charge in [-0.3, -0.25) is 9.59 Å². The highest BCUT2D eigenvalue weighted by Gasteiger charge is 2.13. The predicted octanol–water partition coefficient (Wildman–Crippen LogP) is 2.91. The molecule has 0 saturated heterocycles. The molecule has 0 atom stereocenters. The van der Waals surface area contributed by atoms with Crippen LogP contribution < -0.4 is 5.32 Å².